The lowest BCUT2D eigenvalue weighted by molar-refractivity contribution is 0.418. The van der Waals surface area contributed by atoms with E-state index in [1.54, 1.807) is 0 Å². The van der Waals surface area contributed by atoms with Gasteiger partial charge in [0.1, 0.15) is 22.7 Å². The maximum atomic E-state index is 6.37. The predicted octanol–water partition coefficient (Wildman–Crippen LogP) is 10.5. The van der Waals surface area contributed by atoms with Crippen molar-refractivity contribution >= 4 is 32.7 Å². The summed E-state index contributed by atoms with van der Waals surface area (Å²) >= 11 is 0. The lowest BCUT2D eigenvalue weighted by atomic mass is 9.75. The van der Waals surface area contributed by atoms with Gasteiger partial charge in [-0.05, 0) is 63.4 Å². The molecule has 0 aliphatic carbocycles. The van der Waals surface area contributed by atoms with Crippen molar-refractivity contribution in [3.8, 4) is 33.8 Å². The fourth-order valence-corrected chi connectivity index (χ4v) is 6.23. The molecule has 0 atom stereocenters. The van der Waals surface area contributed by atoms with E-state index in [0.29, 0.717) is 0 Å². The van der Waals surface area contributed by atoms with Crippen LogP contribution >= 0.6 is 0 Å². The van der Waals surface area contributed by atoms with E-state index in [9.17, 15) is 0 Å². The molecule has 1 aliphatic rings. The standard InChI is InChI=1S/C37H26O2/c1-37(2)30-11-5-6-12-32(30)38-35-22-27(18-19-31(35)37)23-14-16-24(17-15-23)28-10-7-13-33-36(28)29-20-25-8-3-4-9-26(25)21-34(29)39-33/h3-22H,1-2H3. The number of para-hydroxylation sites is 1. The first-order valence-electron chi connectivity index (χ1n) is 13.4. The molecule has 0 N–H and O–H groups in total. The number of fused-ring (bicyclic) bond motifs is 6. The highest BCUT2D eigenvalue weighted by atomic mass is 16.5. The third-order valence-electron chi connectivity index (χ3n) is 8.33. The molecule has 1 aromatic heterocycles. The molecular formula is C37H26O2. The van der Waals surface area contributed by atoms with Crippen LogP contribution in [0.25, 0.3) is 55.0 Å². The Labute approximate surface area is 227 Å². The van der Waals surface area contributed by atoms with Gasteiger partial charge in [-0.1, -0.05) is 105 Å². The molecule has 0 amide bonds. The van der Waals surface area contributed by atoms with Gasteiger partial charge in [0, 0.05) is 27.3 Å². The van der Waals surface area contributed by atoms with E-state index in [-0.39, 0.29) is 5.41 Å². The van der Waals surface area contributed by atoms with Gasteiger partial charge in [-0.15, -0.1) is 0 Å². The summed E-state index contributed by atoms with van der Waals surface area (Å²) in [6.45, 7) is 4.54. The Morgan fingerprint density at radius 2 is 1.21 bits per heavy atom. The quantitative estimate of drug-likeness (QED) is 0.235. The first-order chi connectivity index (χ1) is 19.1. The summed E-state index contributed by atoms with van der Waals surface area (Å²) in [5.41, 5.74) is 8.83. The average Bonchev–Trinajstić information content (AvgIpc) is 3.33. The number of benzene rings is 6. The molecule has 2 heterocycles. The van der Waals surface area contributed by atoms with Crippen LogP contribution in [0.1, 0.15) is 25.0 Å². The van der Waals surface area contributed by atoms with Crippen LogP contribution < -0.4 is 4.74 Å². The molecule has 2 nitrogen and oxygen atoms in total. The summed E-state index contributed by atoms with van der Waals surface area (Å²) in [7, 11) is 0. The minimum Gasteiger partial charge on any atom is -0.457 e. The van der Waals surface area contributed by atoms with E-state index in [1.807, 2.05) is 6.07 Å². The highest BCUT2D eigenvalue weighted by Crippen LogP contribution is 2.48. The van der Waals surface area contributed by atoms with Crippen molar-refractivity contribution in [3.63, 3.8) is 0 Å². The predicted molar refractivity (Wildman–Crippen MR) is 161 cm³/mol. The smallest absolute Gasteiger partial charge is 0.136 e. The molecule has 2 heteroatoms. The average molecular weight is 503 g/mol. The monoisotopic (exact) mass is 502 g/mol. The van der Waals surface area contributed by atoms with Gasteiger partial charge in [0.15, 0.2) is 0 Å². The van der Waals surface area contributed by atoms with Crippen LogP contribution in [0.4, 0.5) is 0 Å². The zero-order chi connectivity index (χ0) is 26.1. The second kappa shape index (κ2) is 8.09. The number of furan rings is 1. The van der Waals surface area contributed by atoms with Crippen LogP contribution in [0.5, 0.6) is 11.5 Å². The SMILES string of the molecule is CC1(C)c2ccccc2Oc2cc(-c3ccc(-c4cccc5oc6cc7ccccc7cc6c45)cc3)ccc21. The molecule has 0 spiro atoms. The molecule has 8 rings (SSSR count). The summed E-state index contributed by atoms with van der Waals surface area (Å²) in [4.78, 5) is 0. The lowest BCUT2D eigenvalue weighted by Gasteiger charge is -2.34. The molecule has 7 aromatic rings. The Bertz CT molecular complexity index is 2060. The molecule has 0 unspecified atom stereocenters. The summed E-state index contributed by atoms with van der Waals surface area (Å²) < 4.78 is 12.7. The van der Waals surface area contributed by atoms with Crippen molar-refractivity contribution in [3.05, 3.63) is 132 Å². The van der Waals surface area contributed by atoms with E-state index in [0.717, 1.165) is 44.6 Å². The molecular weight excluding hydrogens is 476 g/mol. The molecule has 0 saturated carbocycles. The second-order valence-corrected chi connectivity index (χ2v) is 11.0. The van der Waals surface area contributed by atoms with Crippen LogP contribution in [0.15, 0.2) is 126 Å². The second-order valence-electron chi connectivity index (χ2n) is 11.0. The van der Waals surface area contributed by atoms with Crippen LogP contribution in [0.3, 0.4) is 0 Å². The third kappa shape index (κ3) is 3.35. The van der Waals surface area contributed by atoms with Gasteiger partial charge in [-0.3, -0.25) is 0 Å². The van der Waals surface area contributed by atoms with Crippen molar-refractivity contribution in [2.24, 2.45) is 0 Å². The maximum Gasteiger partial charge on any atom is 0.136 e. The molecule has 0 radical (unpaired) electrons. The van der Waals surface area contributed by atoms with Crippen LogP contribution in [0, 0.1) is 0 Å². The van der Waals surface area contributed by atoms with Crippen molar-refractivity contribution in [2.45, 2.75) is 19.3 Å². The Balaban J connectivity index is 1.20. The van der Waals surface area contributed by atoms with E-state index in [1.165, 1.54) is 33.0 Å². The Kier molecular flexibility index (Phi) is 4.60. The minimum absolute atomic E-state index is 0.107. The van der Waals surface area contributed by atoms with Gasteiger partial charge in [-0.2, -0.15) is 0 Å². The molecule has 1 aliphatic heterocycles. The van der Waals surface area contributed by atoms with Crippen molar-refractivity contribution in [1.82, 2.24) is 0 Å². The van der Waals surface area contributed by atoms with Gasteiger partial charge in [-0.25, -0.2) is 0 Å². The Morgan fingerprint density at radius 1 is 0.513 bits per heavy atom. The van der Waals surface area contributed by atoms with Crippen LogP contribution in [-0.2, 0) is 5.41 Å². The lowest BCUT2D eigenvalue weighted by Crippen LogP contribution is -2.24. The molecule has 6 aromatic carbocycles. The fourth-order valence-electron chi connectivity index (χ4n) is 6.23. The molecule has 39 heavy (non-hydrogen) atoms. The Hall–Kier alpha value is -4.82. The zero-order valence-corrected chi connectivity index (χ0v) is 21.9. The molecule has 0 bridgehead atoms. The van der Waals surface area contributed by atoms with E-state index in [4.69, 9.17) is 9.15 Å². The maximum absolute atomic E-state index is 6.37. The normalized spacial score (nSPS) is 13.8. The largest absolute Gasteiger partial charge is 0.457 e. The van der Waals surface area contributed by atoms with E-state index >= 15 is 0 Å². The van der Waals surface area contributed by atoms with Crippen molar-refractivity contribution < 1.29 is 9.15 Å². The molecule has 0 saturated heterocycles. The van der Waals surface area contributed by atoms with Gasteiger partial charge in [0.05, 0.1) is 0 Å². The van der Waals surface area contributed by atoms with Gasteiger partial charge >= 0.3 is 0 Å². The van der Waals surface area contributed by atoms with E-state index in [2.05, 4.69) is 129 Å². The number of hydrogen-bond acceptors (Lipinski definition) is 2. The summed E-state index contributed by atoms with van der Waals surface area (Å²) in [6.07, 6.45) is 0. The van der Waals surface area contributed by atoms with Gasteiger partial charge in [0.2, 0.25) is 0 Å². The van der Waals surface area contributed by atoms with E-state index < -0.39 is 0 Å². The van der Waals surface area contributed by atoms with Gasteiger partial charge in [0.25, 0.3) is 0 Å². The van der Waals surface area contributed by atoms with Crippen LogP contribution in [-0.4, -0.2) is 0 Å². The highest BCUT2D eigenvalue weighted by Gasteiger charge is 2.34. The van der Waals surface area contributed by atoms with Crippen molar-refractivity contribution in [2.75, 3.05) is 0 Å². The Morgan fingerprint density at radius 3 is 2.05 bits per heavy atom. The highest BCUT2D eigenvalue weighted by molar-refractivity contribution is 6.15. The van der Waals surface area contributed by atoms with Crippen molar-refractivity contribution in [1.29, 1.82) is 0 Å². The topological polar surface area (TPSA) is 22.4 Å². The first-order valence-corrected chi connectivity index (χ1v) is 13.4. The molecule has 186 valence electrons. The van der Waals surface area contributed by atoms with Gasteiger partial charge < -0.3 is 9.15 Å². The fraction of sp³-hybridized carbons (Fsp3) is 0.0811. The zero-order valence-electron chi connectivity index (χ0n) is 21.9. The summed E-state index contributed by atoms with van der Waals surface area (Å²) in [6, 6.07) is 43.0. The first kappa shape index (κ1) is 22.2. The van der Waals surface area contributed by atoms with Crippen LogP contribution in [0.2, 0.25) is 0 Å². The molecule has 0 fully saturated rings. The summed E-state index contributed by atoms with van der Waals surface area (Å²) in [5.74, 6) is 1.87. The minimum atomic E-state index is -0.107. The number of ether oxygens (including phenoxy) is 1. The number of hydrogen-bond donors (Lipinski definition) is 0. The third-order valence-corrected chi connectivity index (χ3v) is 8.33. The summed E-state index contributed by atoms with van der Waals surface area (Å²) in [5, 5.41) is 4.72. The number of rotatable bonds is 2.